The number of ether oxygens (including phenoxy) is 1. The summed E-state index contributed by atoms with van der Waals surface area (Å²) >= 11 is 0. The van der Waals surface area contributed by atoms with Crippen LogP contribution in [0.4, 0.5) is 0 Å². The van der Waals surface area contributed by atoms with Crippen molar-refractivity contribution in [3.05, 3.63) is 29.8 Å². The second-order valence-corrected chi connectivity index (χ2v) is 5.68. The standard InChI is InChI=1S/C17H25NO3/c1-3-21-16-10-8-14(9-11-16)13(2)18(12-17(19)20)15-6-4-5-7-15/h8-11,13,15H,3-7,12H2,1-2H3,(H,19,20). The Kier molecular flexibility index (Phi) is 5.62. The van der Waals surface area contributed by atoms with Gasteiger partial charge >= 0.3 is 5.97 Å². The minimum atomic E-state index is -0.750. The maximum atomic E-state index is 11.2. The van der Waals surface area contributed by atoms with Crippen LogP contribution >= 0.6 is 0 Å². The molecule has 1 unspecified atom stereocenters. The summed E-state index contributed by atoms with van der Waals surface area (Å²) in [6.07, 6.45) is 4.62. The highest BCUT2D eigenvalue weighted by atomic mass is 16.5. The van der Waals surface area contributed by atoms with E-state index in [2.05, 4.69) is 11.8 Å². The van der Waals surface area contributed by atoms with Crippen molar-refractivity contribution in [1.82, 2.24) is 4.90 Å². The van der Waals surface area contributed by atoms with Crippen molar-refractivity contribution in [2.45, 2.75) is 51.6 Å². The molecule has 2 rings (SSSR count). The van der Waals surface area contributed by atoms with E-state index in [1.54, 1.807) is 0 Å². The zero-order valence-corrected chi connectivity index (χ0v) is 12.9. The van der Waals surface area contributed by atoms with Crippen LogP contribution in [-0.2, 0) is 4.79 Å². The fraction of sp³-hybridized carbons (Fsp3) is 0.588. The number of aliphatic carboxylic acids is 1. The molecule has 0 bridgehead atoms. The van der Waals surface area contributed by atoms with E-state index < -0.39 is 5.97 Å². The number of hydrogen-bond acceptors (Lipinski definition) is 3. The zero-order chi connectivity index (χ0) is 15.2. The lowest BCUT2D eigenvalue weighted by atomic mass is 10.0. The van der Waals surface area contributed by atoms with Gasteiger partial charge in [0.2, 0.25) is 0 Å². The predicted molar refractivity (Wildman–Crippen MR) is 82.6 cm³/mol. The SMILES string of the molecule is CCOc1ccc(C(C)N(CC(=O)O)C2CCCC2)cc1. The van der Waals surface area contributed by atoms with E-state index in [9.17, 15) is 9.90 Å². The number of hydrogen-bond donors (Lipinski definition) is 1. The normalized spacial score (nSPS) is 17.1. The highest BCUT2D eigenvalue weighted by Gasteiger charge is 2.28. The molecule has 4 nitrogen and oxygen atoms in total. The van der Waals surface area contributed by atoms with E-state index in [0.29, 0.717) is 12.6 Å². The lowest BCUT2D eigenvalue weighted by Gasteiger charge is -2.33. The molecule has 0 aromatic heterocycles. The van der Waals surface area contributed by atoms with Crippen LogP contribution in [0.25, 0.3) is 0 Å². The first kappa shape index (κ1) is 15.8. The molecule has 4 heteroatoms. The Labute approximate surface area is 126 Å². The molecular formula is C17H25NO3. The third kappa shape index (κ3) is 4.21. The summed E-state index contributed by atoms with van der Waals surface area (Å²) in [4.78, 5) is 13.3. The Morgan fingerprint density at radius 2 is 1.95 bits per heavy atom. The van der Waals surface area contributed by atoms with Crippen molar-refractivity contribution in [2.75, 3.05) is 13.2 Å². The van der Waals surface area contributed by atoms with Crippen molar-refractivity contribution < 1.29 is 14.6 Å². The van der Waals surface area contributed by atoms with Crippen LogP contribution in [0, 0.1) is 0 Å². The predicted octanol–water partition coefficient (Wildman–Crippen LogP) is 3.48. The maximum Gasteiger partial charge on any atom is 0.317 e. The van der Waals surface area contributed by atoms with E-state index in [1.165, 1.54) is 12.8 Å². The number of nitrogens with zero attached hydrogens (tertiary/aromatic N) is 1. The van der Waals surface area contributed by atoms with Gasteiger partial charge in [0.25, 0.3) is 0 Å². The number of rotatable bonds is 7. The van der Waals surface area contributed by atoms with Gasteiger partial charge in [-0.3, -0.25) is 9.69 Å². The van der Waals surface area contributed by atoms with Crippen molar-refractivity contribution >= 4 is 5.97 Å². The first-order valence-electron chi connectivity index (χ1n) is 7.82. The van der Waals surface area contributed by atoms with Gasteiger partial charge in [-0.05, 0) is 44.4 Å². The molecule has 116 valence electrons. The summed E-state index contributed by atoms with van der Waals surface area (Å²) in [5.41, 5.74) is 1.15. The number of benzene rings is 1. The molecule has 0 radical (unpaired) electrons. The fourth-order valence-corrected chi connectivity index (χ4v) is 3.18. The van der Waals surface area contributed by atoms with Crippen LogP contribution in [-0.4, -0.2) is 35.2 Å². The fourth-order valence-electron chi connectivity index (χ4n) is 3.18. The minimum Gasteiger partial charge on any atom is -0.494 e. The van der Waals surface area contributed by atoms with Crippen molar-refractivity contribution in [3.8, 4) is 5.75 Å². The number of carboxylic acid groups (broad SMARTS) is 1. The Balaban J connectivity index is 2.12. The van der Waals surface area contributed by atoms with Gasteiger partial charge in [0.1, 0.15) is 5.75 Å². The van der Waals surface area contributed by atoms with Crippen molar-refractivity contribution in [2.24, 2.45) is 0 Å². The second-order valence-electron chi connectivity index (χ2n) is 5.68. The second kappa shape index (κ2) is 7.46. The topological polar surface area (TPSA) is 49.8 Å². The molecule has 1 fully saturated rings. The zero-order valence-electron chi connectivity index (χ0n) is 12.9. The van der Waals surface area contributed by atoms with Gasteiger partial charge in [-0.25, -0.2) is 0 Å². The Hall–Kier alpha value is -1.55. The highest BCUT2D eigenvalue weighted by molar-refractivity contribution is 5.69. The summed E-state index contributed by atoms with van der Waals surface area (Å²) in [6, 6.07) is 8.51. The van der Waals surface area contributed by atoms with Crippen molar-refractivity contribution in [1.29, 1.82) is 0 Å². The van der Waals surface area contributed by atoms with Gasteiger partial charge in [0, 0.05) is 12.1 Å². The summed E-state index contributed by atoms with van der Waals surface area (Å²) < 4.78 is 5.46. The molecule has 0 saturated heterocycles. The minimum absolute atomic E-state index is 0.110. The number of carbonyl (C=O) groups is 1. The van der Waals surface area contributed by atoms with E-state index in [-0.39, 0.29) is 12.6 Å². The molecule has 1 saturated carbocycles. The number of carboxylic acids is 1. The van der Waals surface area contributed by atoms with Gasteiger partial charge in [-0.2, -0.15) is 0 Å². The van der Waals surface area contributed by atoms with Gasteiger partial charge < -0.3 is 9.84 Å². The first-order chi connectivity index (χ1) is 10.1. The Bertz CT molecular complexity index is 452. The quantitative estimate of drug-likeness (QED) is 0.835. The monoisotopic (exact) mass is 291 g/mol. The summed E-state index contributed by atoms with van der Waals surface area (Å²) in [7, 11) is 0. The molecule has 1 aromatic rings. The average molecular weight is 291 g/mol. The van der Waals surface area contributed by atoms with Crippen LogP contribution in [0.1, 0.15) is 51.1 Å². The molecule has 1 N–H and O–H groups in total. The van der Waals surface area contributed by atoms with Crippen LogP contribution in [0.15, 0.2) is 24.3 Å². The Morgan fingerprint density at radius 3 is 2.48 bits per heavy atom. The molecular weight excluding hydrogens is 266 g/mol. The maximum absolute atomic E-state index is 11.2. The van der Waals surface area contributed by atoms with E-state index in [0.717, 1.165) is 24.2 Å². The molecule has 0 heterocycles. The van der Waals surface area contributed by atoms with Crippen LogP contribution in [0.2, 0.25) is 0 Å². The summed E-state index contributed by atoms with van der Waals surface area (Å²) in [5.74, 6) is 0.110. The van der Waals surface area contributed by atoms with Gasteiger partial charge in [0.15, 0.2) is 0 Å². The summed E-state index contributed by atoms with van der Waals surface area (Å²) in [6.45, 7) is 4.82. The lowest BCUT2D eigenvalue weighted by molar-refractivity contribution is -0.139. The molecule has 1 aromatic carbocycles. The molecule has 0 amide bonds. The van der Waals surface area contributed by atoms with Crippen molar-refractivity contribution in [3.63, 3.8) is 0 Å². The third-order valence-corrected chi connectivity index (χ3v) is 4.28. The highest BCUT2D eigenvalue weighted by Crippen LogP contribution is 2.31. The molecule has 0 spiro atoms. The Morgan fingerprint density at radius 1 is 1.33 bits per heavy atom. The largest absolute Gasteiger partial charge is 0.494 e. The molecule has 1 atom stereocenters. The van der Waals surface area contributed by atoms with Crippen LogP contribution < -0.4 is 4.74 Å². The third-order valence-electron chi connectivity index (χ3n) is 4.28. The molecule has 1 aliphatic rings. The molecule has 1 aliphatic carbocycles. The van der Waals surface area contributed by atoms with Crippen LogP contribution in [0.3, 0.4) is 0 Å². The lowest BCUT2D eigenvalue weighted by Crippen LogP contribution is -2.39. The first-order valence-corrected chi connectivity index (χ1v) is 7.82. The average Bonchev–Trinajstić information content (AvgIpc) is 2.99. The van der Waals surface area contributed by atoms with Gasteiger partial charge in [-0.15, -0.1) is 0 Å². The van der Waals surface area contributed by atoms with E-state index in [4.69, 9.17) is 4.74 Å². The van der Waals surface area contributed by atoms with E-state index >= 15 is 0 Å². The smallest absolute Gasteiger partial charge is 0.317 e. The van der Waals surface area contributed by atoms with Gasteiger partial charge in [-0.1, -0.05) is 25.0 Å². The summed E-state index contributed by atoms with van der Waals surface area (Å²) in [5, 5.41) is 9.19. The van der Waals surface area contributed by atoms with E-state index in [1.807, 2.05) is 31.2 Å². The van der Waals surface area contributed by atoms with Gasteiger partial charge in [0.05, 0.1) is 13.2 Å². The molecule has 0 aliphatic heterocycles. The molecule has 21 heavy (non-hydrogen) atoms. The van der Waals surface area contributed by atoms with Crippen LogP contribution in [0.5, 0.6) is 5.75 Å².